The fourth-order valence-corrected chi connectivity index (χ4v) is 2.28. The molecule has 0 aliphatic carbocycles. The largest absolute Gasteiger partial charge is 0.464 e. The second-order valence-electron chi connectivity index (χ2n) is 5.45. The molecule has 0 spiro atoms. The molecule has 1 aromatic heterocycles. The van der Waals surface area contributed by atoms with E-state index in [-0.39, 0.29) is 12.0 Å². The van der Waals surface area contributed by atoms with Gasteiger partial charge in [-0.05, 0) is 43.5 Å². The molecule has 0 saturated heterocycles. The lowest BCUT2D eigenvalue weighted by Gasteiger charge is -2.15. The van der Waals surface area contributed by atoms with Crippen LogP contribution in [0.25, 0.3) is 10.9 Å². The van der Waals surface area contributed by atoms with Crippen molar-refractivity contribution in [3.63, 3.8) is 0 Å². The predicted molar refractivity (Wildman–Crippen MR) is 82.1 cm³/mol. The molecule has 1 unspecified atom stereocenters. The Morgan fingerprint density at radius 3 is 2.75 bits per heavy atom. The van der Waals surface area contributed by atoms with Crippen molar-refractivity contribution in [1.29, 1.82) is 0 Å². The van der Waals surface area contributed by atoms with Crippen molar-refractivity contribution in [2.45, 2.75) is 33.2 Å². The van der Waals surface area contributed by atoms with Gasteiger partial charge in [-0.3, -0.25) is 0 Å². The van der Waals surface area contributed by atoms with Gasteiger partial charge in [-0.25, -0.2) is 4.79 Å². The van der Waals surface area contributed by atoms with Gasteiger partial charge in [0.2, 0.25) is 0 Å². The van der Waals surface area contributed by atoms with E-state index in [1.54, 1.807) is 0 Å². The van der Waals surface area contributed by atoms with Crippen molar-refractivity contribution < 1.29 is 9.53 Å². The quantitative estimate of drug-likeness (QED) is 0.763. The molecule has 4 heteroatoms. The van der Waals surface area contributed by atoms with Crippen molar-refractivity contribution >= 4 is 28.5 Å². The number of ether oxygens (including phenoxy) is 1. The number of hydrogen-bond donors (Lipinski definition) is 0. The van der Waals surface area contributed by atoms with Crippen LogP contribution in [0.2, 0.25) is 5.02 Å². The van der Waals surface area contributed by atoms with Crippen molar-refractivity contribution in [1.82, 2.24) is 4.57 Å². The van der Waals surface area contributed by atoms with E-state index in [4.69, 9.17) is 16.3 Å². The predicted octanol–water partition coefficient (Wildman–Crippen LogP) is 4.45. The van der Waals surface area contributed by atoms with E-state index < -0.39 is 0 Å². The zero-order chi connectivity index (χ0) is 14.7. The van der Waals surface area contributed by atoms with Gasteiger partial charge in [0.1, 0.15) is 6.04 Å². The molecular weight excluding hydrogens is 274 g/mol. The first-order valence-electron chi connectivity index (χ1n) is 6.91. The van der Waals surface area contributed by atoms with Crippen LogP contribution in [0.15, 0.2) is 30.5 Å². The highest BCUT2D eigenvalue weighted by atomic mass is 35.5. The van der Waals surface area contributed by atoms with Crippen LogP contribution in [0.5, 0.6) is 0 Å². The number of hydrogen-bond acceptors (Lipinski definition) is 2. The van der Waals surface area contributed by atoms with Gasteiger partial charge in [0.05, 0.1) is 6.61 Å². The molecule has 20 heavy (non-hydrogen) atoms. The Balaban J connectivity index is 2.10. The highest BCUT2D eigenvalue weighted by Gasteiger charge is 2.18. The first-order chi connectivity index (χ1) is 9.49. The summed E-state index contributed by atoms with van der Waals surface area (Å²) in [5.41, 5.74) is 0.989. The topological polar surface area (TPSA) is 31.2 Å². The lowest BCUT2D eigenvalue weighted by atomic mass is 10.1. The van der Waals surface area contributed by atoms with Gasteiger partial charge in [-0.1, -0.05) is 25.4 Å². The third-order valence-electron chi connectivity index (χ3n) is 3.38. The van der Waals surface area contributed by atoms with Crippen LogP contribution >= 0.6 is 11.6 Å². The van der Waals surface area contributed by atoms with Gasteiger partial charge in [0.15, 0.2) is 0 Å². The van der Waals surface area contributed by atoms with Crippen LogP contribution in [0.3, 0.4) is 0 Å². The Bertz CT molecular complexity index is 604. The second kappa shape index (κ2) is 6.31. The number of aromatic nitrogens is 1. The Labute approximate surface area is 124 Å². The molecule has 108 valence electrons. The summed E-state index contributed by atoms with van der Waals surface area (Å²) < 4.78 is 7.25. The average molecular weight is 294 g/mol. The van der Waals surface area contributed by atoms with Gasteiger partial charge >= 0.3 is 5.97 Å². The normalized spacial score (nSPS) is 12.8. The summed E-state index contributed by atoms with van der Waals surface area (Å²) in [6.07, 6.45) is 2.79. The van der Waals surface area contributed by atoms with E-state index in [0.29, 0.717) is 17.5 Å². The molecular formula is C16H20ClNO2. The summed E-state index contributed by atoms with van der Waals surface area (Å²) in [6, 6.07) is 7.27. The number of rotatable bonds is 5. The van der Waals surface area contributed by atoms with Gasteiger partial charge in [-0.2, -0.15) is 0 Å². The molecule has 0 N–H and O–H groups in total. The number of esters is 1. The van der Waals surface area contributed by atoms with Crippen molar-refractivity contribution in [2.24, 2.45) is 5.92 Å². The Kier molecular flexibility index (Phi) is 4.71. The Morgan fingerprint density at radius 1 is 1.30 bits per heavy atom. The van der Waals surface area contributed by atoms with Crippen LogP contribution in [0, 0.1) is 5.92 Å². The summed E-state index contributed by atoms with van der Waals surface area (Å²) in [5.74, 6) is 0.339. The van der Waals surface area contributed by atoms with Crippen LogP contribution in [-0.4, -0.2) is 17.1 Å². The van der Waals surface area contributed by atoms with Gasteiger partial charge in [-0.15, -0.1) is 0 Å². The summed E-state index contributed by atoms with van der Waals surface area (Å²) in [7, 11) is 0. The summed E-state index contributed by atoms with van der Waals surface area (Å²) in [6.45, 7) is 6.55. The molecule has 1 aromatic carbocycles. The number of nitrogens with zero attached hydrogens (tertiary/aromatic N) is 1. The maximum atomic E-state index is 12.1. The van der Waals surface area contributed by atoms with Gasteiger partial charge in [0.25, 0.3) is 0 Å². The van der Waals surface area contributed by atoms with Crippen molar-refractivity contribution in [3.05, 3.63) is 35.5 Å². The zero-order valence-corrected chi connectivity index (χ0v) is 12.9. The van der Waals surface area contributed by atoms with E-state index in [1.807, 2.05) is 42.0 Å². The van der Waals surface area contributed by atoms with E-state index in [1.165, 1.54) is 0 Å². The maximum absolute atomic E-state index is 12.1. The van der Waals surface area contributed by atoms with Gasteiger partial charge < -0.3 is 9.30 Å². The van der Waals surface area contributed by atoms with Crippen LogP contribution in [-0.2, 0) is 9.53 Å². The summed E-state index contributed by atoms with van der Waals surface area (Å²) >= 11 is 5.97. The van der Waals surface area contributed by atoms with Crippen LogP contribution in [0.1, 0.15) is 33.2 Å². The van der Waals surface area contributed by atoms with Crippen molar-refractivity contribution in [2.75, 3.05) is 6.61 Å². The average Bonchev–Trinajstić information content (AvgIpc) is 2.80. The molecule has 1 heterocycles. The number of fused-ring (bicyclic) bond motifs is 1. The molecule has 0 amide bonds. The van der Waals surface area contributed by atoms with E-state index >= 15 is 0 Å². The molecule has 1 atom stereocenters. The molecule has 0 fully saturated rings. The molecule has 0 aliphatic rings. The summed E-state index contributed by atoms with van der Waals surface area (Å²) in [4.78, 5) is 12.1. The third-order valence-corrected chi connectivity index (χ3v) is 3.62. The monoisotopic (exact) mass is 293 g/mol. The van der Waals surface area contributed by atoms with Gasteiger partial charge in [0, 0.05) is 22.1 Å². The molecule has 2 aromatic rings. The number of carbonyl (C=O) groups is 1. The third kappa shape index (κ3) is 3.34. The number of halogens is 1. The minimum atomic E-state index is -0.333. The minimum Gasteiger partial charge on any atom is -0.464 e. The lowest BCUT2D eigenvalue weighted by molar-refractivity contribution is -0.147. The zero-order valence-electron chi connectivity index (χ0n) is 12.1. The fraction of sp³-hybridized carbons (Fsp3) is 0.438. The highest BCUT2D eigenvalue weighted by Crippen LogP contribution is 2.24. The standard InChI is InChI=1S/C16H20ClNO2/c1-11(2)7-9-20-16(19)12(3)18-8-6-13-10-14(17)4-5-15(13)18/h4-6,8,10-12H,7,9H2,1-3H3. The molecule has 3 nitrogen and oxygen atoms in total. The van der Waals surface area contributed by atoms with Crippen LogP contribution < -0.4 is 0 Å². The van der Waals surface area contributed by atoms with E-state index in [2.05, 4.69) is 13.8 Å². The maximum Gasteiger partial charge on any atom is 0.328 e. The molecule has 0 aliphatic heterocycles. The lowest BCUT2D eigenvalue weighted by Crippen LogP contribution is -2.19. The molecule has 0 saturated carbocycles. The molecule has 0 radical (unpaired) electrons. The number of benzene rings is 1. The van der Waals surface area contributed by atoms with E-state index in [0.717, 1.165) is 17.3 Å². The highest BCUT2D eigenvalue weighted by molar-refractivity contribution is 6.31. The smallest absolute Gasteiger partial charge is 0.328 e. The van der Waals surface area contributed by atoms with Crippen LogP contribution in [0.4, 0.5) is 0 Å². The molecule has 0 bridgehead atoms. The SMILES string of the molecule is CC(C)CCOC(=O)C(C)n1ccc2cc(Cl)ccc21. The first kappa shape index (κ1) is 14.9. The first-order valence-corrected chi connectivity index (χ1v) is 7.29. The van der Waals surface area contributed by atoms with Crippen molar-refractivity contribution in [3.8, 4) is 0 Å². The Morgan fingerprint density at radius 2 is 2.05 bits per heavy atom. The summed E-state index contributed by atoms with van der Waals surface area (Å²) in [5, 5.41) is 1.72. The second-order valence-corrected chi connectivity index (χ2v) is 5.89. The number of carbonyl (C=O) groups excluding carboxylic acids is 1. The minimum absolute atomic E-state index is 0.196. The fourth-order valence-electron chi connectivity index (χ4n) is 2.10. The van der Waals surface area contributed by atoms with E-state index in [9.17, 15) is 4.79 Å². The molecule has 2 rings (SSSR count). The Hall–Kier alpha value is -1.48.